The van der Waals surface area contributed by atoms with Crippen molar-refractivity contribution < 1.29 is 0 Å². The van der Waals surface area contributed by atoms with Gasteiger partial charge in [0.15, 0.2) is 0 Å². The highest BCUT2D eigenvalue weighted by Crippen LogP contribution is 2.52. The molecule has 0 amide bonds. The fourth-order valence-electron chi connectivity index (χ4n) is 7.57. The molecule has 57 heavy (non-hydrogen) atoms. The first-order valence-corrected chi connectivity index (χ1v) is 23.2. The molecule has 0 aliphatic carbocycles. The Morgan fingerprint density at radius 2 is 0.439 bits per heavy atom. The summed E-state index contributed by atoms with van der Waals surface area (Å²) in [6, 6.07) is 15.2. The quantitative estimate of drug-likeness (QED) is 0.251. The van der Waals surface area contributed by atoms with E-state index in [0.29, 0.717) is 0 Å². The van der Waals surface area contributed by atoms with Gasteiger partial charge in [0, 0.05) is 16.7 Å². The van der Waals surface area contributed by atoms with Crippen LogP contribution in [0.5, 0.6) is 0 Å². The van der Waals surface area contributed by atoms with Gasteiger partial charge in [-0.05, 0) is 98.8 Å². The van der Waals surface area contributed by atoms with Crippen LogP contribution in [-0.4, -0.2) is 0 Å². The Morgan fingerprint density at radius 3 is 0.596 bits per heavy atom. The first kappa shape index (κ1) is 49.1. The molecule has 3 rings (SSSR count). The molecule has 0 heterocycles. The van der Waals surface area contributed by atoms with Gasteiger partial charge in [0.25, 0.3) is 0 Å². The summed E-state index contributed by atoms with van der Waals surface area (Å²) in [4.78, 5) is 0. The van der Waals surface area contributed by atoms with Crippen LogP contribution in [0.4, 0.5) is 11.4 Å². The van der Waals surface area contributed by atoms with Crippen LogP contribution in [0.15, 0.2) is 36.4 Å². The zero-order valence-electron chi connectivity index (χ0n) is 42.4. The van der Waals surface area contributed by atoms with Crippen molar-refractivity contribution >= 4 is 24.9 Å². The van der Waals surface area contributed by atoms with E-state index < -0.39 is 8.22 Å². The first-order chi connectivity index (χ1) is 25.0. The maximum Gasteiger partial charge on any atom is 0.124 e. The van der Waals surface area contributed by atoms with Crippen molar-refractivity contribution in [2.75, 3.05) is 10.2 Å². The SMILES string of the molecule is CC(C)(C)c1cc(C(C)(C)C)c(NP(Nc2c(C(C)(C)C)cc(C(C)(C)C)cc2C(C)(C)C)c2c(C(C)(C)C)cc(C(C)(C)C)cc2C(C)(C)C)c(C(C)(C)C)c1. The average Bonchev–Trinajstić information content (AvgIpc) is 2.95. The maximum absolute atomic E-state index is 4.51. The third-order valence-corrected chi connectivity index (χ3v) is 13.3. The number of nitrogens with one attached hydrogen (secondary N) is 2. The molecule has 0 atom stereocenters. The summed E-state index contributed by atoms with van der Waals surface area (Å²) in [5.74, 6) is 0. The second-order valence-electron chi connectivity index (χ2n) is 26.6. The van der Waals surface area contributed by atoms with Gasteiger partial charge in [0.2, 0.25) is 0 Å². The molecule has 2 N–H and O–H groups in total. The highest BCUT2D eigenvalue weighted by Gasteiger charge is 2.38. The standard InChI is InChI=1S/C54H89N2P/c1-46(2,3)34-28-37(49(10,11)12)43(38(29-34)50(13,14)15)55-57(45-41(53(22,23)24)32-36(48(7,8)9)33-42(45)54(25,26)27)56-44-39(51(16,17)18)30-35(47(4,5)6)31-40(44)52(19,20)21/h28-33,55-56H,1-27H3. The lowest BCUT2D eigenvalue weighted by Crippen LogP contribution is -2.35. The summed E-state index contributed by atoms with van der Waals surface area (Å²) in [6.07, 6.45) is 0. The molecular weight excluding hydrogens is 708 g/mol. The Kier molecular flexibility index (Phi) is 13.2. The van der Waals surface area contributed by atoms with E-state index in [1.165, 1.54) is 66.8 Å². The zero-order chi connectivity index (χ0) is 44.7. The van der Waals surface area contributed by atoms with E-state index in [4.69, 9.17) is 0 Å². The van der Waals surface area contributed by atoms with Crippen LogP contribution >= 0.6 is 8.22 Å². The van der Waals surface area contributed by atoms with Crippen LogP contribution < -0.4 is 15.5 Å². The molecule has 0 aromatic heterocycles. The van der Waals surface area contributed by atoms with Gasteiger partial charge >= 0.3 is 0 Å². The largest absolute Gasteiger partial charge is 0.344 e. The minimum atomic E-state index is -1.26. The van der Waals surface area contributed by atoms with E-state index in [1.54, 1.807) is 0 Å². The maximum atomic E-state index is 4.51. The number of rotatable bonds is 5. The summed E-state index contributed by atoms with van der Waals surface area (Å²) in [7, 11) is -1.26. The van der Waals surface area contributed by atoms with Crippen molar-refractivity contribution in [1.29, 1.82) is 0 Å². The highest BCUT2D eigenvalue weighted by molar-refractivity contribution is 7.68. The normalized spacial score (nSPS) is 14.4. The second-order valence-corrected chi connectivity index (χ2v) is 28.2. The summed E-state index contributed by atoms with van der Waals surface area (Å²) in [6.45, 7) is 64.4. The van der Waals surface area contributed by atoms with Gasteiger partial charge in [0.1, 0.15) is 8.22 Å². The van der Waals surface area contributed by atoms with Crippen LogP contribution in [-0.2, 0) is 48.7 Å². The summed E-state index contributed by atoms with van der Waals surface area (Å²) in [5.41, 5.74) is 14.6. The third kappa shape index (κ3) is 11.5. The van der Waals surface area contributed by atoms with Gasteiger partial charge in [0.05, 0.1) is 0 Å². The molecule has 3 heteroatoms. The lowest BCUT2D eigenvalue weighted by Gasteiger charge is -2.41. The van der Waals surface area contributed by atoms with E-state index >= 15 is 0 Å². The van der Waals surface area contributed by atoms with Gasteiger partial charge in [-0.15, -0.1) is 0 Å². The average molecular weight is 797 g/mol. The lowest BCUT2D eigenvalue weighted by atomic mass is 9.74. The van der Waals surface area contributed by atoms with Crippen molar-refractivity contribution in [1.82, 2.24) is 0 Å². The second kappa shape index (κ2) is 15.3. The van der Waals surface area contributed by atoms with E-state index in [-0.39, 0.29) is 48.7 Å². The molecule has 0 aliphatic heterocycles. The van der Waals surface area contributed by atoms with E-state index in [0.717, 1.165) is 0 Å². The number of hydrogen-bond donors (Lipinski definition) is 2. The molecule has 3 aromatic carbocycles. The van der Waals surface area contributed by atoms with Crippen LogP contribution in [0.25, 0.3) is 0 Å². The molecular formula is C54H89N2P. The van der Waals surface area contributed by atoms with Crippen LogP contribution in [0, 0.1) is 0 Å². The molecule has 2 nitrogen and oxygen atoms in total. The monoisotopic (exact) mass is 797 g/mol. The van der Waals surface area contributed by atoms with Crippen molar-refractivity contribution in [3.05, 3.63) is 86.5 Å². The summed E-state index contributed by atoms with van der Waals surface area (Å²) < 4.78 is 0. The first-order valence-electron chi connectivity index (χ1n) is 21.9. The Bertz CT molecular complexity index is 1710. The predicted octanol–water partition coefficient (Wildman–Crippen LogP) is 16.5. The fraction of sp³-hybridized carbons (Fsp3) is 0.667. The fourth-order valence-corrected chi connectivity index (χ4v) is 10.1. The Morgan fingerprint density at radius 1 is 0.263 bits per heavy atom. The van der Waals surface area contributed by atoms with Gasteiger partial charge in [-0.3, -0.25) is 0 Å². The van der Waals surface area contributed by atoms with Gasteiger partial charge in [-0.25, -0.2) is 0 Å². The molecule has 0 bridgehead atoms. The minimum absolute atomic E-state index is 0.00529. The van der Waals surface area contributed by atoms with Gasteiger partial charge in [-0.1, -0.05) is 223 Å². The molecule has 0 aliphatic rings. The molecule has 0 saturated heterocycles. The summed E-state index contributed by atoms with van der Waals surface area (Å²) in [5, 5.41) is 10.5. The predicted molar refractivity (Wildman–Crippen MR) is 261 cm³/mol. The molecule has 0 radical (unpaired) electrons. The Labute approximate surface area is 355 Å². The molecule has 3 aromatic rings. The Balaban J connectivity index is 2.79. The topological polar surface area (TPSA) is 24.1 Å². The van der Waals surface area contributed by atoms with Gasteiger partial charge in [-0.2, -0.15) is 0 Å². The third-order valence-electron chi connectivity index (χ3n) is 11.5. The zero-order valence-corrected chi connectivity index (χ0v) is 43.3. The Hall–Kier alpha value is -2.31. The van der Waals surface area contributed by atoms with Crippen LogP contribution in [0.3, 0.4) is 0 Å². The number of benzene rings is 3. The van der Waals surface area contributed by atoms with Crippen LogP contribution in [0.1, 0.15) is 237 Å². The molecule has 0 fully saturated rings. The van der Waals surface area contributed by atoms with Crippen molar-refractivity contribution in [2.24, 2.45) is 0 Å². The molecule has 0 saturated carbocycles. The van der Waals surface area contributed by atoms with Crippen LogP contribution in [0.2, 0.25) is 0 Å². The van der Waals surface area contributed by atoms with E-state index in [2.05, 4.69) is 234 Å². The molecule has 0 unspecified atom stereocenters. The van der Waals surface area contributed by atoms with E-state index in [1.807, 2.05) is 0 Å². The van der Waals surface area contributed by atoms with Crippen molar-refractivity contribution in [2.45, 2.75) is 236 Å². The van der Waals surface area contributed by atoms with Crippen molar-refractivity contribution in [3.8, 4) is 0 Å². The van der Waals surface area contributed by atoms with E-state index in [9.17, 15) is 0 Å². The molecule has 320 valence electrons. The minimum Gasteiger partial charge on any atom is -0.344 e. The number of anilines is 2. The van der Waals surface area contributed by atoms with Crippen molar-refractivity contribution in [3.63, 3.8) is 0 Å². The lowest BCUT2D eigenvalue weighted by molar-refractivity contribution is 0.550. The molecule has 0 spiro atoms. The highest BCUT2D eigenvalue weighted by atomic mass is 31.1. The summed E-state index contributed by atoms with van der Waals surface area (Å²) >= 11 is 0. The van der Waals surface area contributed by atoms with Gasteiger partial charge < -0.3 is 10.2 Å². The smallest absolute Gasteiger partial charge is 0.124 e. The number of hydrogen-bond acceptors (Lipinski definition) is 2.